The number of benzene rings is 6. The highest BCUT2D eigenvalue weighted by atomic mass is 32.2. The Morgan fingerprint density at radius 2 is 0.967 bits per heavy atom. The Balaban J connectivity index is 1.23. The number of fused-ring (bicyclic) bond motifs is 6. The molecule has 6 heteroatoms. The number of phenols is 2. The number of thiol groups is 1. The fourth-order valence-electron chi connectivity index (χ4n) is 9.41. The van der Waals surface area contributed by atoms with Crippen LogP contribution in [0, 0.1) is 0 Å². The highest BCUT2D eigenvalue weighted by molar-refractivity contribution is 7.99. The van der Waals surface area contributed by atoms with E-state index < -0.39 is 0 Å². The van der Waals surface area contributed by atoms with Crippen molar-refractivity contribution < 1.29 is 10.2 Å². The second kappa shape index (κ2) is 15.9. The second-order valence-corrected chi connectivity index (χ2v) is 20.7. The summed E-state index contributed by atoms with van der Waals surface area (Å²) in [5, 5.41) is 29.4. The number of para-hydroxylation sites is 2. The highest BCUT2D eigenvalue weighted by Gasteiger charge is 2.25. The Hall–Kier alpha value is -4.78. The third-order valence-corrected chi connectivity index (χ3v) is 14.7. The Kier molecular flexibility index (Phi) is 10.8. The molecule has 1 fully saturated rings. The van der Waals surface area contributed by atoms with Crippen LogP contribution >= 0.6 is 24.4 Å². The summed E-state index contributed by atoms with van der Waals surface area (Å²) < 4.78 is 4.53. The molecule has 0 atom stereocenters. The van der Waals surface area contributed by atoms with Gasteiger partial charge in [0.15, 0.2) is 0 Å². The lowest BCUT2D eigenvalue weighted by atomic mass is 9.85. The lowest BCUT2D eigenvalue weighted by molar-refractivity contribution is 0.466. The van der Waals surface area contributed by atoms with Crippen LogP contribution in [0.2, 0.25) is 0 Å². The molecule has 1 aliphatic rings. The molecule has 1 saturated carbocycles. The minimum absolute atomic E-state index is 0.103. The highest BCUT2D eigenvalue weighted by Crippen LogP contribution is 2.44. The molecular formula is C54H58N2O2S2. The molecule has 60 heavy (non-hydrogen) atoms. The zero-order chi connectivity index (χ0) is 41.9. The molecule has 0 bridgehead atoms. The van der Waals surface area contributed by atoms with E-state index in [1.807, 2.05) is 11.8 Å². The molecule has 2 heterocycles. The number of aromatic nitrogens is 2. The lowest BCUT2D eigenvalue weighted by Crippen LogP contribution is -2.13. The van der Waals surface area contributed by atoms with Crippen molar-refractivity contribution in [3.8, 4) is 34.0 Å². The van der Waals surface area contributed by atoms with Gasteiger partial charge in [-0.25, -0.2) is 0 Å². The summed E-state index contributed by atoms with van der Waals surface area (Å²) in [6.45, 7) is 13.4. The molecule has 0 spiro atoms. The van der Waals surface area contributed by atoms with E-state index >= 15 is 0 Å². The molecule has 9 rings (SSSR count). The molecule has 1 aliphatic carbocycles. The predicted octanol–water partition coefficient (Wildman–Crippen LogP) is 15.3. The molecule has 8 aromatic rings. The minimum Gasteiger partial charge on any atom is -0.505 e. The van der Waals surface area contributed by atoms with Crippen molar-refractivity contribution in [3.05, 3.63) is 131 Å². The van der Waals surface area contributed by atoms with Gasteiger partial charge in [-0.05, 0) is 82.3 Å². The van der Waals surface area contributed by atoms with Crippen LogP contribution in [0.5, 0.6) is 11.5 Å². The standard InChI is InChI=1S/C54H58N2O2S2/c1-53(2,3)38-26-36(32-59)51(57)49(30-38)55-45-20-14-12-18-41(45)43-24-22-34(28-47(43)55)35-23-25-44-42-19-13-15-21-46(42)56(48(44)29-35)50-31-39(54(4,5)6)27-37(52(50)58)33-60-40-16-10-8-7-9-11-17-40/h12-15,18-31,40,57-59H,7-11,16-17,32-33H2,1-6H3. The third-order valence-electron chi connectivity index (χ3n) is 12.9. The summed E-state index contributed by atoms with van der Waals surface area (Å²) in [6, 6.07) is 39.3. The first-order valence-corrected chi connectivity index (χ1v) is 23.5. The lowest BCUT2D eigenvalue weighted by Gasteiger charge is -2.24. The van der Waals surface area contributed by atoms with Crippen LogP contribution in [-0.4, -0.2) is 24.6 Å². The molecule has 4 nitrogen and oxygen atoms in total. The van der Waals surface area contributed by atoms with Gasteiger partial charge in [0.25, 0.3) is 0 Å². The van der Waals surface area contributed by atoms with Crippen molar-refractivity contribution in [1.29, 1.82) is 0 Å². The maximum atomic E-state index is 12.4. The number of hydrogen-bond acceptors (Lipinski definition) is 4. The van der Waals surface area contributed by atoms with E-state index in [-0.39, 0.29) is 16.6 Å². The smallest absolute Gasteiger partial charge is 0.143 e. The third kappa shape index (κ3) is 7.38. The van der Waals surface area contributed by atoms with Gasteiger partial charge < -0.3 is 19.3 Å². The molecule has 0 amide bonds. The van der Waals surface area contributed by atoms with Gasteiger partial charge in [-0.2, -0.15) is 24.4 Å². The van der Waals surface area contributed by atoms with E-state index in [1.165, 1.54) is 50.5 Å². The summed E-state index contributed by atoms with van der Waals surface area (Å²) in [6.07, 6.45) is 9.18. The van der Waals surface area contributed by atoms with Gasteiger partial charge in [-0.3, -0.25) is 0 Å². The van der Waals surface area contributed by atoms with E-state index in [0.717, 1.165) is 88.6 Å². The van der Waals surface area contributed by atoms with Crippen molar-refractivity contribution >= 4 is 68.0 Å². The fraction of sp³-hybridized carbons (Fsp3) is 0.333. The molecule has 0 aliphatic heterocycles. The number of thioether (sulfide) groups is 1. The molecule has 0 radical (unpaired) electrons. The van der Waals surface area contributed by atoms with Crippen molar-refractivity contribution in [2.24, 2.45) is 0 Å². The van der Waals surface area contributed by atoms with E-state index in [1.54, 1.807) is 0 Å². The quantitative estimate of drug-likeness (QED) is 0.140. The van der Waals surface area contributed by atoms with Gasteiger partial charge in [-0.1, -0.05) is 146 Å². The number of nitrogens with zero attached hydrogens (tertiary/aromatic N) is 2. The van der Waals surface area contributed by atoms with Crippen LogP contribution in [-0.2, 0) is 22.3 Å². The molecule has 2 aromatic heterocycles. The first-order chi connectivity index (χ1) is 28.8. The molecular weight excluding hydrogens is 773 g/mol. The van der Waals surface area contributed by atoms with Crippen molar-refractivity contribution in [1.82, 2.24) is 9.13 Å². The van der Waals surface area contributed by atoms with Crippen LogP contribution in [0.25, 0.3) is 66.1 Å². The number of aromatic hydroxyl groups is 2. The Morgan fingerprint density at radius 3 is 1.45 bits per heavy atom. The van der Waals surface area contributed by atoms with Gasteiger partial charge in [0.1, 0.15) is 11.5 Å². The average Bonchev–Trinajstić information content (AvgIpc) is 3.72. The zero-order valence-electron chi connectivity index (χ0n) is 36.0. The second-order valence-electron chi connectivity index (χ2n) is 19.1. The molecule has 308 valence electrons. The summed E-state index contributed by atoms with van der Waals surface area (Å²) in [4.78, 5) is 0. The number of hydrogen-bond donors (Lipinski definition) is 3. The van der Waals surface area contributed by atoms with Gasteiger partial charge in [0, 0.05) is 49.4 Å². The van der Waals surface area contributed by atoms with Gasteiger partial charge in [0.2, 0.25) is 0 Å². The largest absolute Gasteiger partial charge is 0.505 e. The van der Waals surface area contributed by atoms with Gasteiger partial charge in [-0.15, -0.1) is 0 Å². The summed E-state index contributed by atoms with van der Waals surface area (Å²) in [5.41, 5.74) is 12.0. The van der Waals surface area contributed by atoms with Crippen molar-refractivity contribution in [3.63, 3.8) is 0 Å². The van der Waals surface area contributed by atoms with E-state index in [2.05, 4.69) is 173 Å². The molecule has 0 saturated heterocycles. The summed E-state index contributed by atoms with van der Waals surface area (Å²) in [7, 11) is 0. The maximum Gasteiger partial charge on any atom is 0.143 e. The number of rotatable bonds is 7. The Labute approximate surface area is 365 Å². The topological polar surface area (TPSA) is 50.3 Å². The Morgan fingerprint density at radius 1 is 0.533 bits per heavy atom. The van der Waals surface area contributed by atoms with Crippen LogP contribution in [0.15, 0.2) is 109 Å². The minimum atomic E-state index is -0.118. The summed E-state index contributed by atoms with van der Waals surface area (Å²) in [5.74, 6) is 1.87. The normalized spacial score (nSPS) is 14.7. The van der Waals surface area contributed by atoms with Crippen LogP contribution in [0.3, 0.4) is 0 Å². The average molecular weight is 831 g/mol. The van der Waals surface area contributed by atoms with Crippen molar-refractivity contribution in [2.45, 2.75) is 114 Å². The maximum absolute atomic E-state index is 12.4. The van der Waals surface area contributed by atoms with E-state index in [9.17, 15) is 10.2 Å². The van der Waals surface area contributed by atoms with E-state index in [4.69, 9.17) is 0 Å². The van der Waals surface area contributed by atoms with Gasteiger partial charge in [0.05, 0.1) is 33.4 Å². The number of phenolic OH excluding ortho intramolecular Hbond substituents is 2. The predicted molar refractivity (Wildman–Crippen MR) is 261 cm³/mol. The summed E-state index contributed by atoms with van der Waals surface area (Å²) >= 11 is 6.68. The van der Waals surface area contributed by atoms with Gasteiger partial charge >= 0.3 is 0 Å². The van der Waals surface area contributed by atoms with Crippen LogP contribution in [0.1, 0.15) is 109 Å². The first-order valence-electron chi connectivity index (χ1n) is 21.8. The van der Waals surface area contributed by atoms with Crippen LogP contribution in [0.4, 0.5) is 0 Å². The van der Waals surface area contributed by atoms with Crippen molar-refractivity contribution in [2.75, 3.05) is 0 Å². The fourth-order valence-corrected chi connectivity index (χ4v) is 10.9. The molecule has 6 aromatic carbocycles. The SMILES string of the molecule is CC(C)(C)c1cc(CS)c(O)c(-n2c3ccccc3c3ccc(-c4ccc5c6ccccc6n(-c6cc(C(C)(C)C)cc(CSC7CCCCCCC7)c6O)c5c4)cc32)c1. The zero-order valence-corrected chi connectivity index (χ0v) is 37.7. The Bertz CT molecular complexity index is 2900. The van der Waals surface area contributed by atoms with E-state index in [0.29, 0.717) is 16.8 Å². The monoisotopic (exact) mass is 830 g/mol. The molecule has 0 unspecified atom stereocenters. The van der Waals surface area contributed by atoms with Crippen LogP contribution < -0.4 is 0 Å². The first kappa shape index (κ1) is 40.6. The molecule has 2 N–H and O–H groups in total.